The lowest BCUT2D eigenvalue weighted by Crippen LogP contribution is -2.60. The van der Waals surface area contributed by atoms with Crippen LogP contribution in [0.15, 0.2) is 115 Å². The summed E-state index contributed by atoms with van der Waals surface area (Å²) in [5, 5.41) is 4.14. The molecule has 3 unspecified atom stereocenters. The van der Waals surface area contributed by atoms with Gasteiger partial charge in [-0.05, 0) is 117 Å². The normalized spacial score (nSPS) is 20.3. The lowest BCUT2D eigenvalue weighted by molar-refractivity contribution is 0.151. The number of rotatable bonds is 3. The van der Waals surface area contributed by atoms with Crippen LogP contribution >= 0.6 is 11.3 Å². The Balaban J connectivity index is 1.29. The third-order valence-electron chi connectivity index (χ3n) is 16.1. The second-order valence-corrected chi connectivity index (χ2v) is 24.2. The van der Waals surface area contributed by atoms with Crippen molar-refractivity contribution in [3.8, 4) is 0 Å². The Kier molecular flexibility index (Phi) is 8.44. The molecule has 0 bridgehead atoms. The van der Waals surface area contributed by atoms with Gasteiger partial charge in [0, 0.05) is 59.8 Å². The maximum absolute atomic E-state index is 2.95. The van der Waals surface area contributed by atoms with Crippen LogP contribution in [-0.4, -0.2) is 11.3 Å². The molecule has 322 valence electrons. The molecule has 0 spiro atoms. The largest absolute Gasteiger partial charge is 0.334 e. The number of hydrogen-bond acceptors (Lipinski definition) is 3. The number of thiophene rings is 1. The van der Waals surface area contributed by atoms with Gasteiger partial charge in [-0.3, -0.25) is 0 Å². The van der Waals surface area contributed by atoms with E-state index in [0.717, 1.165) is 0 Å². The molecule has 64 heavy (non-hydrogen) atoms. The summed E-state index contributed by atoms with van der Waals surface area (Å²) < 4.78 is 5.73. The van der Waals surface area contributed by atoms with Crippen LogP contribution in [0.2, 0.25) is 0 Å². The summed E-state index contributed by atoms with van der Waals surface area (Å²) in [4.78, 5) is 5.37. The van der Waals surface area contributed by atoms with Crippen molar-refractivity contribution in [3.63, 3.8) is 0 Å². The molecule has 1 saturated carbocycles. The number of aromatic nitrogens is 1. The monoisotopic (exact) mass is 855 g/mol. The first-order chi connectivity index (χ1) is 30.5. The van der Waals surface area contributed by atoms with Gasteiger partial charge in [0.2, 0.25) is 0 Å². The Bertz CT molecular complexity index is 3220. The van der Waals surface area contributed by atoms with E-state index < -0.39 is 0 Å². The average molecular weight is 856 g/mol. The van der Waals surface area contributed by atoms with E-state index in [2.05, 4.69) is 206 Å². The number of anilines is 6. The standard InChI is InChI=1S/C59H62BN3S/c1-12-35-18-17-31-59(11)44-33-38(58(8,9)10)32-42-43-34-47-49-53(51(43)63(50(42)44)54(35)59)62(40-29-25-37(26-30-40)57(5,6)7)52-41-19-13-16-22-48(41)64-55(52)60(49)45-20-14-15-21-46(45)61(47)39-27-23-36(24-28-39)56(2,3)4/h13-16,19-30,32-35,54H,12,17-18,31H2,1-11H3. The van der Waals surface area contributed by atoms with E-state index in [1.54, 1.807) is 5.56 Å². The third-order valence-corrected chi connectivity index (χ3v) is 17.4. The molecule has 3 nitrogen and oxygen atoms in total. The third kappa shape index (κ3) is 5.46. The van der Waals surface area contributed by atoms with Crippen LogP contribution in [0.3, 0.4) is 0 Å². The van der Waals surface area contributed by atoms with Gasteiger partial charge in [-0.2, -0.15) is 0 Å². The topological polar surface area (TPSA) is 11.4 Å². The van der Waals surface area contributed by atoms with Gasteiger partial charge in [0.25, 0.3) is 6.71 Å². The smallest absolute Gasteiger partial charge is 0.264 e. The van der Waals surface area contributed by atoms with Gasteiger partial charge in [0.05, 0.1) is 22.4 Å². The first-order valence-corrected chi connectivity index (χ1v) is 24.9. The molecule has 8 aromatic rings. The fourth-order valence-electron chi connectivity index (χ4n) is 12.8. The molecule has 0 amide bonds. The highest BCUT2D eigenvalue weighted by atomic mass is 32.1. The predicted octanol–water partition coefficient (Wildman–Crippen LogP) is 15.0. The SMILES string of the molecule is CCC1CCCC2(C)c3cc(C(C)(C)C)cc4c5cc6c7c(c5n(c34)C12)N(c1ccc(C(C)(C)C)cc1)c1c(sc2ccccc12)B7c1ccccc1N6c1ccc(C(C)(C)C)cc1. The van der Waals surface area contributed by atoms with Gasteiger partial charge >= 0.3 is 0 Å². The Labute approximate surface area is 385 Å². The van der Waals surface area contributed by atoms with Crippen LogP contribution in [0.4, 0.5) is 34.1 Å². The number of hydrogen-bond donors (Lipinski definition) is 0. The van der Waals surface area contributed by atoms with E-state index >= 15 is 0 Å². The van der Waals surface area contributed by atoms with Gasteiger partial charge in [-0.15, -0.1) is 11.3 Å². The zero-order chi connectivity index (χ0) is 44.4. The molecule has 1 fully saturated rings. The van der Waals surface area contributed by atoms with Crippen LogP contribution in [0.25, 0.3) is 31.9 Å². The van der Waals surface area contributed by atoms with E-state index in [1.807, 2.05) is 11.3 Å². The summed E-state index contributed by atoms with van der Waals surface area (Å²) in [6.07, 6.45) is 4.99. The molecule has 3 aliphatic heterocycles. The summed E-state index contributed by atoms with van der Waals surface area (Å²) >= 11 is 2.00. The average Bonchev–Trinajstić information content (AvgIpc) is 3.89. The first kappa shape index (κ1) is 40.3. The number of benzene rings is 6. The minimum Gasteiger partial charge on any atom is -0.334 e. The van der Waals surface area contributed by atoms with Crippen LogP contribution in [0.1, 0.15) is 130 Å². The van der Waals surface area contributed by atoms with Crippen molar-refractivity contribution in [3.05, 3.63) is 138 Å². The summed E-state index contributed by atoms with van der Waals surface area (Å²) in [6.45, 7) is 26.3. The van der Waals surface area contributed by atoms with Crippen LogP contribution in [0, 0.1) is 5.92 Å². The van der Waals surface area contributed by atoms with Gasteiger partial charge < -0.3 is 14.4 Å². The Hall–Kier alpha value is -5.26. The second-order valence-electron chi connectivity index (χ2n) is 23.1. The molecule has 5 heteroatoms. The summed E-state index contributed by atoms with van der Waals surface area (Å²) in [6, 6.07) is 46.0. The van der Waals surface area contributed by atoms with Crippen LogP contribution in [-0.2, 0) is 21.7 Å². The summed E-state index contributed by atoms with van der Waals surface area (Å²) in [7, 11) is 0. The Morgan fingerprint density at radius 3 is 1.89 bits per heavy atom. The maximum atomic E-state index is 2.95. The molecular weight excluding hydrogens is 794 g/mol. The van der Waals surface area contributed by atoms with Gasteiger partial charge in [0.1, 0.15) is 0 Å². The quantitative estimate of drug-likeness (QED) is 0.164. The lowest BCUT2D eigenvalue weighted by atomic mass is 9.36. The van der Waals surface area contributed by atoms with Crippen LogP contribution in [0.5, 0.6) is 0 Å². The van der Waals surface area contributed by atoms with Crippen molar-refractivity contribution >= 4 is 99.8 Å². The maximum Gasteiger partial charge on any atom is 0.264 e. The summed E-state index contributed by atoms with van der Waals surface area (Å²) in [5.41, 5.74) is 19.4. The Morgan fingerprint density at radius 1 is 0.625 bits per heavy atom. The molecule has 0 N–H and O–H groups in total. The Morgan fingerprint density at radius 2 is 1.23 bits per heavy atom. The highest BCUT2D eigenvalue weighted by Gasteiger charge is 2.53. The molecule has 6 aromatic carbocycles. The second kappa shape index (κ2) is 13.4. The van der Waals surface area contributed by atoms with Crippen molar-refractivity contribution in [2.24, 2.45) is 5.92 Å². The van der Waals surface area contributed by atoms with Gasteiger partial charge in [-0.25, -0.2) is 0 Å². The lowest BCUT2D eigenvalue weighted by Gasteiger charge is -2.46. The van der Waals surface area contributed by atoms with Crippen molar-refractivity contribution in [1.82, 2.24) is 4.57 Å². The highest BCUT2D eigenvalue weighted by Crippen LogP contribution is 2.62. The number of nitrogens with zero attached hydrogens (tertiary/aromatic N) is 3. The molecule has 12 rings (SSSR count). The molecule has 2 aromatic heterocycles. The molecular formula is C59H62BN3S. The van der Waals surface area contributed by atoms with Crippen molar-refractivity contribution in [2.75, 3.05) is 9.80 Å². The zero-order valence-electron chi connectivity index (χ0n) is 39.8. The van der Waals surface area contributed by atoms with E-state index in [1.165, 1.54) is 124 Å². The summed E-state index contributed by atoms with van der Waals surface area (Å²) in [5.74, 6) is 0.598. The minimum absolute atomic E-state index is 0.00502. The molecule has 4 aliphatic rings. The fraction of sp³-hybridized carbons (Fsp3) is 0.356. The van der Waals surface area contributed by atoms with E-state index in [9.17, 15) is 0 Å². The molecule has 0 saturated heterocycles. The molecule has 1 aliphatic carbocycles. The van der Waals surface area contributed by atoms with Crippen LogP contribution < -0.4 is 25.5 Å². The number of para-hydroxylation sites is 1. The van der Waals surface area contributed by atoms with E-state index in [0.29, 0.717) is 12.0 Å². The number of fused-ring (bicyclic) bond motifs is 13. The molecule has 3 atom stereocenters. The minimum atomic E-state index is 0.00502. The van der Waals surface area contributed by atoms with Crippen molar-refractivity contribution in [2.45, 2.75) is 130 Å². The highest BCUT2D eigenvalue weighted by molar-refractivity contribution is 7.33. The van der Waals surface area contributed by atoms with Crippen molar-refractivity contribution < 1.29 is 0 Å². The molecule has 0 radical (unpaired) electrons. The van der Waals surface area contributed by atoms with E-state index in [-0.39, 0.29) is 28.4 Å². The predicted molar refractivity (Wildman–Crippen MR) is 279 cm³/mol. The van der Waals surface area contributed by atoms with E-state index in [4.69, 9.17) is 0 Å². The molecule has 5 heterocycles. The van der Waals surface area contributed by atoms with Gasteiger partial charge in [0.15, 0.2) is 0 Å². The zero-order valence-corrected chi connectivity index (χ0v) is 40.6. The first-order valence-electron chi connectivity index (χ1n) is 24.1. The van der Waals surface area contributed by atoms with Gasteiger partial charge in [-0.1, -0.05) is 156 Å². The van der Waals surface area contributed by atoms with Crippen molar-refractivity contribution in [1.29, 1.82) is 0 Å². The fourth-order valence-corrected chi connectivity index (χ4v) is 14.1.